The lowest BCUT2D eigenvalue weighted by molar-refractivity contribution is -0.139. The maximum atomic E-state index is 16.0. The number of hydrogen-bond donors (Lipinski definition) is 2. The molecule has 2 aromatic carbocycles. The number of pyridine rings is 1. The minimum atomic E-state index is -1.71. The summed E-state index contributed by atoms with van der Waals surface area (Å²) >= 11 is 12.2. The number of carbonyl (C=O) groups excluding carboxylic acids is 1. The first-order chi connectivity index (χ1) is 17.9. The van der Waals surface area contributed by atoms with Crippen LogP contribution in [-0.2, 0) is 22.6 Å². The summed E-state index contributed by atoms with van der Waals surface area (Å²) in [6.07, 6.45) is 2.56. The van der Waals surface area contributed by atoms with Crippen molar-refractivity contribution in [3.63, 3.8) is 0 Å². The predicted molar refractivity (Wildman–Crippen MR) is 144 cm³/mol. The maximum Gasteiger partial charge on any atom is 0.257 e. The SMILES string of the molecule is CC.CC(C)(O)c1cc(F)c2c(c1)C(=O)N(Cc1ccc(Cl)cn1)[C@@]2(OCC1(O)CC1)c1ccc(Cl)cc1. The lowest BCUT2D eigenvalue weighted by Crippen LogP contribution is -2.48. The molecular weight excluding hydrogens is 530 g/mol. The minimum absolute atomic E-state index is 0.0148. The number of rotatable bonds is 7. The van der Waals surface area contributed by atoms with Gasteiger partial charge in [0.05, 0.1) is 46.2 Å². The molecular formula is C29H31Cl2FN2O4. The van der Waals surface area contributed by atoms with Crippen molar-refractivity contribution in [2.24, 2.45) is 0 Å². The quantitative estimate of drug-likeness (QED) is 0.360. The standard InChI is InChI=1S/C27H25Cl2FN2O4.C2H6/c1-25(2,34)17-11-21-23(22(30)12-17)27(36-15-26(35)9-10-26,16-3-5-18(28)6-4-16)32(24(21)33)14-20-8-7-19(29)13-31-20;1-2/h3-8,11-13,34-35H,9-10,14-15H2,1-2H3;1-2H3/t27-;/m1./s1. The molecule has 0 radical (unpaired) electrons. The Morgan fingerprint density at radius 2 is 1.71 bits per heavy atom. The monoisotopic (exact) mass is 560 g/mol. The van der Waals surface area contributed by atoms with Crippen LogP contribution in [0.2, 0.25) is 10.0 Å². The van der Waals surface area contributed by atoms with E-state index in [0.717, 1.165) is 0 Å². The van der Waals surface area contributed by atoms with Crippen molar-refractivity contribution in [3.05, 3.63) is 98.5 Å². The molecule has 1 aromatic heterocycles. The summed E-state index contributed by atoms with van der Waals surface area (Å²) in [5, 5.41) is 22.1. The van der Waals surface area contributed by atoms with Gasteiger partial charge in [0.15, 0.2) is 5.72 Å². The van der Waals surface area contributed by atoms with E-state index in [1.807, 2.05) is 13.8 Å². The summed E-state index contributed by atoms with van der Waals surface area (Å²) in [7, 11) is 0. The molecule has 1 fully saturated rings. The van der Waals surface area contributed by atoms with E-state index in [4.69, 9.17) is 27.9 Å². The summed E-state index contributed by atoms with van der Waals surface area (Å²) in [6.45, 7) is 6.91. The average molecular weight is 561 g/mol. The van der Waals surface area contributed by atoms with E-state index in [2.05, 4.69) is 4.98 Å². The van der Waals surface area contributed by atoms with Gasteiger partial charge >= 0.3 is 0 Å². The number of carbonyl (C=O) groups is 1. The largest absolute Gasteiger partial charge is 0.387 e. The van der Waals surface area contributed by atoms with Crippen LogP contribution in [0.1, 0.15) is 73.3 Å². The number of aliphatic hydroxyl groups is 2. The van der Waals surface area contributed by atoms with E-state index in [1.54, 1.807) is 36.4 Å². The molecule has 5 rings (SSSR count). The fraction of sp³-hybridized carbons (Fsp3) is 0.379. The van der Waals surface area contributed by atoms with Crippen molar-refractivity contribution < 1.29 is 24.1 Å². The highest BCUT2D eigenvalue weighted by molar-refractivity contribution is 6.30. The summed E-state index contributed by atoms with van der Waals surface area (Å²) in [6, 6.07) is 12.7. The highest BCUT2D eigenvalue weighted by Crippen LogP contribution is 2.50. The van der Waals surface area contributed by atoms with Gasteiger partial charge in [0.2, 0.25) is 0 Å². The van der Waals surface area contributed by atoms with E-state index >= 15 is 4.39 Å². The van der Waals surface area contributed by atoms with Crippen molar-refractivity contribution in [1.29, 1.82) is 0 Å². The third-order valence-corrected chi connectivity index (χ3v) is 7.19. The highest BCUT2D eigenvalue weighted by atomic mass is 35.5. The zero-order chi connectivity index (χ0) is 27.9. The van der Waals surface area contributed by atoms with Crippen LogP contribution in [0.25, 0.3) is 0 Å². The van der Waals surface area contributed by atoms with Gasteiger partial charge in [-0.25, -0.2) is 4.39 Å². The van der Waals surface area contributed by atoms with Crippen LogP contribution in [0, 0.1) is 5.82 Å². The minimum Gasteiger partial charge on any atom is -0.387 e. The third-order valence-electron chi connectivity index (χ3n) is 6.71. The van der Waals surface area contributed by atoms with Gasteiger partial charge in [-0.3, -0.25) is 14.7 Å². The van der Waals surface area contributed by atoms with Gasteiger partial charge in [-0.15, -0.1) is 0 Å². The van der Waals surface area contributed by atoms with E-state index in [9.17, 15) is 15.0 Å². The van der Waals surface area contributed by atoms with E-state index in [-0.39, 0.29) is 29.8 Å². The number of ether oxygens (including phenoxy) is 1. The van der Waals surface area contributed by atoms with E-state index < -0.39 is 28.7 Å². The van der Waals surface area contributed by atoms with Crippen LogP contribution < -0.4 is 0 Å². The Bertz CT molecular complexity index is 1320. The highest BCUT2D eigenvalue weighted by Gasteiger charge is 2.56. The first-order valence-corrected chi connectivity index (χ1v) is 13.3. The molecule has 1 aliphatic heterocycles. The van der Waals surface area contributed by atoms with Crippen LogP contribution in [0.3, 0.4) is 0 Å². The van der Waals surface area contributed by atoms with Crippen LogP contribution >= 0.6 is 23.2 Å². The number of amides is 1. The molecule has 6 nitrogen and oxygen atoms in total. The van der Waals surface area contributed by atoms with Gasteiger partial charge in [-0.2, -0.15) is 0 Å². The second kappa shape index (κ2) is 10.5. The smallest absolute Gasteiger partial charge is 0.257 e. The van der Waals surface area contributed by atoms with E-state index in [1.165, 1.54) is 37.1 Å². The number of nitrogens with zero attached hydrogens (tertiary/aromatic N) is 2. The predicted octanol–water partition coefficient (Wildman–Crippen LogP) is 6.18. The topological polar surface area (TPSA) is 82.9 Å². The van der Waals surface area contributed by atoms with Gasteiger partial charge in [-0.1, -0.05) is 49.2 Å². The zero-order valence-electron chi connectivity index (χ0n) is 21.8. The van der Waals surface area contributed by atoms with Crippen LogP contribution in [0.4, 0.5) is 4.39 Å². The number of fused-ring (bicyclic) bond motifs is 1. The molecule has 9 heteroatoms. The molecule has 202 valence electrons. The molecule has 1 atom stereocenters. The molecule has 1 aliphatic carbocycles. The van der Waals surface area contributed by atoms with Gasteiger partial charge in [0.25, 0.3) is 5.91 Å². The Morgan fingerprint density at radius 1 is 1.08 bits per heavy atom. The second-order valence-electron chi connectivity index (χ2n) is 9.96. The summed E-state index contributed by atoms with van der Waals surface area (Å²) < 4.78 is 22.4. The molecule has 2 aliphatic rings. The van der Waals surface area contributed by atoms with Crippen LogP contribution in [0.15, 0.2) is 54.7 Å². The van der Waals surface area contributed by atoms with Crippen molar-refractivity contribution >= 4 is 29.1 Å². The molecule has 0 bridgehead atoms. The molecule has 0 spiro atoms. The van der Waals surface area contributed by atoms with Crippen molar-refractivity contribution in [1.82, 2.24) is 9.88 Å². The Balaban J connectivity index is 0.00000164. The first kappa shape index (κ1) is 28.5. The Hall–Kier alpha value is -2.55. The van der Waals surface area contributed by atoms with E-state index in [0.29, 0.717) is 34.1 Å². The number of halogens is 3. The maximum absolute atomic E-state index is 16.0. The molecule has 0 saturated heterocycles. The number of benzene rings is 2. The van der Waals surface area contributed by atoms with Crippen molar-refractivity contribution in [2.75, 3.05) is 6.61 Å². The van der Waals surface area contributed by atoms with Gasteiger partial charge in [-0.05, 0) is 68.7 Å². The van der Waals surface area contributed by atoms with Gasteiger partial charge < -0.3 is 14.9 Å². The average Bonchev–Trinajstić information content (AvgIpc) is 3.57. The summed E-state index contributed by atoms with van der Waals surface area (Å²) in [4.78, 5) is 19.7. The van der Waals surface area contributed by atoms with Crippen LogP contribution in [0.5, 0.6) is 0 Å². The molecule has 38 heavy (non-hydrogen) atoms. The van der Waals surface area contributed by atoms with Crippen molar-refractivity contribution in [2.45, 2.75) is 64.0 Å². The number of hydrogen-bond acceptors (Lipinski definition) is 5. The van der Waals surface area contributed by atoms with Crippen LogP contribution in [-0.4, -0.2) is 38.2 Å². The fourth-order valence-electron chi connectivity index (χ4n) is 4.48. The number of aromatic nitrogens is 1. The van der Waals surface area contributed by atoms with Gasteiger partial charge in [0.1, 0.15) is 5.82 Å². The Kier molecular flexibility index (Phi) is 7.90. The Labute approximate surface area is 232 Å². The zero-order valence-corrected chi connectivity index (χ0v) is 23.3. The first-order valence-electron chi connectivity index (χ1n) is 12.5. The van der Waals surface area contributed by atoms with Crippen molar-refractivity contribution in [3.8, 4) is 0 Å². The van der Waals surface area contributed by atoms with Gasteiger partial charge in [0, 0.05) is 16.8 Å². The fourth-order valence-corrected chi connectivity index (χ4v) is 4.72. The Morgan fingerprint density at radius 3 is 2.26 bits per heavy atom. The normalized spacial score (nSPS) is 19.6. The molecule has 1 saturated carbocycles. The molecule has 2 N–H and O–H groups in total. The summed E-state index contributed by atoms with van der Waals surface area (Å²) in [5.74, 6) is -1.20. The molecule has 2 heterocycles. The third kappa shape index (κ3) is 5.31. The second-order valence-corrected chi connectivity index (χ2v) is 10.8. The molecule has 3 aromatic rings. The lowest BCUT2D eigenvalue weighted by Gasteiger charge is -2.40. The lowest BCUT2D eigenvalue weighted by atomic mass is 9.88. The summed E-state index contributed by atoms with van der Waals surface area (Å²) in [5.41, 5.74) is -2.82. The molecule has 1 amide bonds. The molecule has 0 unspecified atom stereocenters.